The Hall–Kier alpha value is -0.950. The average molecular weight is 284 g/mol. The SMILES string of the molecule is O=S(O)OCCCN1CCN(c2ccccc2)CC1. The minimum atomic E-state index is -2.13. The van der Waals surface area contributed by atoms with E-state index in [1.807, 2.05) is 6.07 Å². The van der Waals surface area contributed by atoms with Gasteiger partial charge in [0.2, 0.25) is 0 Å². The van der Waals surface area contributed by atoms with E-state index in [9.17, 15) is 4.21 Å². The second-order valence-electron chi connectivity index (χ2n) is 4.56. The van der Waals surface area contributed by atoms with Crippen LogP contribution in [0.3, 0.4) is 0 Å². The minimum Gasteiger partial charge on any atom is -0.369 e. The van der Waals surface area contributed by atoms with Crippen molar-refractivity contribution < 1.29 is 12.9 Å². The first-order valence-corrected chi connectivity index (χ1v) is 7.55. The number of benzene rings is 1. The minimum absolute atomic E-state index is 0.335. The Kier molecular flexibility index (Phi) is 5.78. The molecule has 1 atom stereocenters. The normalized spacial score (nSPS) is 18.5. The lowest BCUT2D eigenvalue weighted by atomic mass is 10.2. The summed E-state index contributed by atoms with van der Waals surface area (Å²) in [5.74, 6) is 0. The van der Waals surface area contributed by atoms with Gasteiger partial charge in [-0.05, 0) is 18.6 Å². The molecule has 1 fully saturated rings. The van der Waals surface area contributed by atoms with Crippen LogP contribution >= 0.6 is 0 Å². The van der Waals surface area contributed by atoms with Crippen molar-refractivity contribution in [3.05, 3.63) is 30.3 Å². The molecule has 19 heavy (non-hydrogen) atoms. The summed E-state index contributed by atoms with van der Waals surface area (Å²) < 4.78 is 23.4. The van der Waals surface area contributed by atoms with Gasteiger partial charge in [-0.15, -0.1) is 0 Å². The van der Waals surface area contributed by atoms with Crippen LogP contribution in [0.25, 0.3) is 0 Å². The standard InChI is InChI=1S/C13H20N2O3S/c16-19(17)18-12-4-7-14-8-10-15(11-9-14)13-5-2-1-3-6-13/h1-3,5-6H,4,7-12H2,(H,16,17). The first-order chi connectivity index (χ1) is 9.25. The van der Waals surface area contributed by atoms with Crippen molar-refractivity contribution >= 4 is 17.0 Å². The molecule has 1 aromatic carbocycles. The smallest absolute Gasteiger partial charge is 0.301 e. The summed E-state index contributed by atoms with van der Waals surface area (Å²) >= 11 is -2.13. The zero-order valence-corrected chi connectivity index (χ0v) is 11.7. The molecule has 1 aliphatic rings. The number of piperazine rings is 1. The fraction of sp³-hybridized carbons (Fsp3) is 0.538. The quantitative estimate of drug-likeness (QED) is 0.631. The summed E-state index contributed by atoms with van der Waals surface area (Å²) in [5, 5.41) is 0. The highest BCUT2D eigenvalue weighted by molar-refractivity contribution is 7.74. The van der Waals surface area contributed by atoms with Crippen molar-refractivity contribution in [2.75, 3.05) is 44.2 Å². The third-order valence-corrected chi connectivity index (χ3v) is 3.66. The van der Waals surface area contributed by atoms with E-state index in [1.165, 1.54) is 5.69 Å². The Labute approximate surface area is 116 Å². The second kappa shape index (κ2) is 7.59. The van der Waals surface area contributed by atoms with Crippen LogP contribution in [0, 0.1) is 0 Å². The molecule has 0 amide bonds. The van der Waals surface area contributed by atoms with E-state index in [1.54, 1.807) is 0 Å². The Morgan fingerprint density at radius 1 is 1.16 bits per heavy atom. The van der Waals surface area contributed by atoms with E-state index >= 15 is 0 Å². The van der Waals surface area contributed by atoms with Gasteiger partial charge in [0.15, 0.2) is 0 Å². The molecule has 0 aromatic heterocycles. The highest BCUT2D eigenvalue weighted by Crippen LogP contribution is 2.15. The lowest BCUT2D eigenvalue weighted by Crippen LogP contribution is -2.46. The predicted molar refractivity (Wildman–Crippen MR) is 76.4 cm³/mol. The van der Waals surface area contributed by atoms with Crippen molar-refractivity contribution in [2.45, 2.75) is 6.42 Å². The van der Waals surface area contributed by atoms with Crippen molar-refractivity contribution in [2.24, 2.45) is 0 Å². The van der Waals surface area contributed by atoms with E-state index in [0.29, 0.717) is 6.61 Å². The molecule has 2 rings (SSSR count). The molecule has 0 saturated carbocycles. The molecule has 5 nitrogen and oxygen atoms in total. The third kappa shape index (κ3) is 4.91. The zero-order valence-electron chi connectivity index (χ0n) is 10.9. The highest BCUT2D eigenvalue weighted by atomic mass is 32.2. The number of nitrogens with zero attached hydrogens (tertiary/aromatic N) is 2. The van der Waals surface area contributed by atoms with E-state index in [2.05, 4.69) is 38.2 Å². The number of anilines is 1. The molecule has 1 heterocycles. The Morgan fingerprint density at radius 2 is 1.84 bits per heavy atom. The number of para-hydroxylation sites is 1. The predicted octanol–water partition coefficient (Wildman–Crippen LogP) is 1.35. The Bertz CT molecular complexity index is 394. The maximum Gasteiger partial charge on any atom is 0.301 e. The molecule has 0 aliphatic carbocycles. The first kappa shape index (κ1) is 14.5. The second-order valence-corrected chi connectivity index (χ2v) is 5.23. The summed E-state index contributed by atoms with van der Waals surface area (Å²) in [7, 11) is 0. The van der Waals surface area contributed by atoms with Gasteiger partial charge in [0.25, 0.3) is 0 Å². The average Bonchev–Trinajstić information content (AvgIpc) is 2.45. The molecule has 0 radical (unpaired) electrons. The van der Waals surface area contributed by atoms with Crippen molar-refractivity contribution in [1.29, 1.82) is 0 Å². The van der Waals surface area contributed by atoms with Gasteiger partial charge in [-0.2, -0.15) is 4.21 Å². The number of hydrogen-bond donors (Lipinski definition) is 1. The van der Waals surface area contributed by atoms with Gasteiger partial charge >= 0.3 is 11.4 Å². The molecule has 1 aromatic rings. The summed E-state index contributed by atoms with van der Waals surface area (Å²) in [6.07, 6.45) is 0.789. The van der Waals surface area contributed by atoms with E-state index in [4.69, 9.17) is 4.55 Å². The van der Waals surface area contributed by atoms with Crippen LogP contribution in [0.15, 0.2) is 30.3 Å². The monoisotopic (exact) mass is 284 g/mol. The maximum absolute atomic E-state index is 10.3. The van der Waals surface area contributed by atoms with Crippen LogP contribution in [0.5, 0.6) is 0 Å². The molecule has 0 spiro atoms. The molecule has 1 aliphatic heterocycles. The van der Waals surface area contributed by atoms with Gasteiger partial charge < -0.3 is 4.90 Å². The fourth-order valence-corrected chi connectivity index (χ4v) is 2.55. The maximum atomic E-state index is 10.3. The third-order valence-electron chi connectivity index (χ3n) is 3.30. The topological polar surface area (TPSA) is 53.0 Å². The van der Waals surface area contributed by atoms with Crippen LogP contribution in [-0.2, 0) is 15.5 Å². The van der Waals surface area contributed by atoms with Gasteiger partial charge in [-0.25, -0.2) is 0 Å². The Balaban J connectivity index is 1.67. The van der Waals surface area contributed by atoms with Crippen LogP contribution in [0.4, 0.5) is 5.69 Å². The molecule has 0 bridgehead atoms. The van der Waals surface area contributed by atoms with Crippen LogP contribution in [0.2, 0.25) is 0 Å². The first-order valence-electron chi connectivity index (χ1n) is 6.52. The lowest BCUT2D eigenvalue weighted by Gasteiger charge is -2.36. The van der Waals surface area contributed by atoms with E-state index in [0.717, 1.165) is 39.1 Å². The summed E-state index contributed by atoms with van der Waals surface area (Å²) in [5.41, 5.74) is 1.28. The molecular weight excluding hydrogens is 264 g/mol. The number of rotatable bonds is 6. The van der Waals surface area contributed by atoms with Gasteiger partial charge in [-0.3, -0.25) is 13.6 Å². The van der Waals surface area contributed by atoms with Gasteiger partial charge in [0.05, 0.1) is 6.61 Å². The van der Waals surface area contributed by atoms with Gasteiger partial charge in [-0.1, -0.05) is 18.2 Å². The van der Waals surface area contributed by atoms with Crippen LogP contribution in [-0.4, -0.2) is 53.0 Å². The van der Waals surface area contributed by atoms with Crippen LogP contribution in [0.1, 0.15) is 6.42 Å². The van der Waals surface area contributed by atoms with Crippen molar-refractivity contribution in [1.82, 2.24) is 4.90 Å². The number of hydrogen-bond acceptors (Lipinski definition) is 4. The van der Waals surface area contributed by atoms with Gasteiger partial charge in [0, 0.05) is 38.4 Å². The molecule has 106 valence electrons. The molecule has 1 N–H and O–H groups in total. The Morgan fingerprint density at radius 3 is 2.47 bits per heavy atom. The lowest BCUT2D eigenvalue weighted by molar-refractivity contribution is 0.225. The fourth-order valence-electron chi connectivity index (χ4n) is 2.29. The van der Waals surface area contributed by atoms with Crippen molar-refractivity contribution in [3.63, 3.8) is 0 Å². The molecular formula is C13H20N2O3S. The summed E-state index contributed by atoms with van der Waals surface area (Å²) in [6.45, 7) is 5.35. The molecule has 6 heteroatoms. The molecule has 1 saturated heterocycles. The van der Waals surface area contributed by atoms with E-state index < -0.39 is 11.4 Å². The summed E-state index contributed by atoms with van der Waals surface area (Å²) in [4.78, 5) is 4.75. The zero-order chi connectivity index (χ0) is 13.5. The van der Waals surface area contributed by atoms with Gasteiger partial charge in [0.1, 0.15) is 0 Å². The van der Waals surface area contributed by atoms with E-state index in [-0.39, 0.29) is 0 Å². The molecule has 1 unspecified atom stereocenters. The summed E-state index contributed by atoms with van der Waals surface area (Å²) in [6, 6.07) is 10.4. The highest BCUT2D eigenvalue weighted by Gasteiger charge is 2.16. The largest absolute Gasteiger partial charge is 0.369 e. The van der Waals surface area contributed by atoms with Crippen LogP contribution < -0.4 is 4.90 Å². The van der Waals surface area contributed by atoms with Crippen molar-refractivity contribution in [3.8, 4) is 0 Å².